The number of halogens is 2. The van der Waals surface area contributed by atoms with Gasteiger partial charge in [0.05, 0.1) is 18.7 Å². The maximum atomic E-state index is 13.7. The second-order valence-corrected chi connectivity index (χ2v) is 8.12. The highest BCUT2D eigenvalue weighted by Gasteiger charge is 2.28. The summed E-state index contributed by atoms with van der Waals surface area (Å²) < 4.78 is 24.9. The Kier molecular flexibility index (Phi) is 6.43. The molecule has 2 amide bonds. The first-order valence-corrected chi connectivity index (χ1v) is 10.7. The predicted molar refractivity (Wildman–Crippen MR) is 114 cm³/mol. The van der Waals surface area contributed by atoms with E-state index in [2.05, 4.69) is 5.32 Å². The molecule has 0 saturated carbocycles. The van der Waals surface area contributed by atoms with E-state index in [1.54, 1.807) is 13.2 Å². The molecule has 1 saturated heterocycles. The number of likely N-dealkylation sites (tertiary alicyclic amines) is 1. The number of imide groups is 1. The van der Waals surface area contributed by atoms with Crippen LogP contribution in [0.5, 0.6) is 11.5 Å². The van der Waals surface area contributed by atoms with Gasteiger partial charge in [0.1, 0.15) is 12.4 Å². The molecule has 164 valence electrons. The van der Waals surface area contributed by atoms with Crippen LogP contribution in [0.15, 0.2) is 30.3 Å². The van der Waals surface area contributed by atoms with Crippen LogP contribution in [0.25, 0.3) is 0 Å². The number of amides is 2. The summed E-state index contributed by atoms with van der Waals surface area (Å²) in [4.78, 5) is 24.6. The van der Waals surface area contributed by atoms with E-state index in [0.29, 0.717) is 18.0 Å². The molecule has 2 aliphatic rings. The van der Waals surface area contributed by atoms with E-state index in [1.807, 2.05) is 18.2 Å². The van der Waals surface area contributed by atoms with Gasteiger partial charge in [-0.1, -0.05) is 17.7 Å². The monoisotopic (exact) mass is 446 g/mol. The molecule has 1 heterocycles. The highest BCUT2D eigenvalue weighted by Crippen LogP contribution is 2.35. The molecule has 0 radical (unpaired) electrons. The van der Waals surface area contributed by atoms with Crippen molar-refractivity contribution >= 4 is 23.4 Å². The van der Waals surface area contributed by atoms with Gasteiger partial charge in [0.25, 0.3) is 0 Å². The summed E-state index contributed by atoms with van der Waals surface area (Å²) in [7, 11) is 1.57. The molecule has 0 aromatic heterocycles. The van der Waals surface area contributed by atoms with Gasteiger partial charge >= 0.3 is 0 Å². The van der Waals surface area contributed by atoms with Crippen molar-refractivity contribution in [1.29, 1.82) is 0 Å². The zero-order chi connectivity index (χ0) is 22.0. The highest BCUT2D eigenvalue weighted by molar-refractivity contribution is 6.30. The first kappa shape index (κ1) is 21.6. The fourth-order valence-corrected chi connectivity index (χ4v) is 4.29. The number of nitrogens with one attached hydrogen (secondary N) is 1. The smallest absolute Gasteiger partial charge is 0.229 e. The molecular formula is C23H24ClFN2O4. The van der Waals surface area contributed by atoms with Crippen LogP contribution in [-0.4, -0.2) is 37.0 Å². The summed E-state index contributed by atoms with van der Waals surface area (Å²) in [6, 6.07) is 9.00. The number of carbonyl (C=O) groups is 2. The van der Waals surface area contributed by atoms with Crippen LogP contribution in [0.1, 0.15) is 42.0 Å². The van der Waals surface area contributed by atoms with Crippen molar-refractivity contribution in [3.8, 4) is 11.5 Å². The molecule has 4 rings (SSSR count). The molecule has 31 heavy (non-hydrogen) atoms. The van der Waals surface area contributed by atoms with Crippen LogP contribution in [0.4, 0.5) is 4.39 Å². The number of nitrogens with zero attached hydrogens (tertiary/aromatic N) is 1. The molecule has 6 nitrogen and oxygen atoms in total. The Morgan fingerprint density at radius 2 is 1.90 bits per heavy atom. The molecule has 2 aromatic carbocycles. The van der Waals surface area contributed by atoms with Gasteiger partial charge in [0, 0.05) is 25.4 Å². The molecule has 0 bridgehead atoms. The maximum absolute atomic E-state index is 13.7. The maximum Gasteiger partial charge on any atom is 0.229 e. The minimum absolute atomic E-state index is 0.116. The van der Waals surface area contributed by atoms with Crippen LogP contribution in [-0.2, 0) is 22.6 Å². The first-order chi connectivity index (χ1) is 15.0. The number of fused-ring (bicyclic) bond motifs is 1. The van der Waals surface area contributed by atoms with Gasteiger partial charge in [-0.05, 0) is 53.8 Å². The van der Waals surface area contributed by atoms with Crippen molar-refractivity contribution in [3.63, 3.8) is 0 Å². The molecule has 1 aliphatic heterocycles. The Labute approximate surface area is 185 Å². The van der Waals surface area contributed by atoms with Gasteiger partial charge in [-0.15, -0.1) is 0 Å². The molecule has 1 N–H and O–H groups in total. The summed E-state index contributed by atoms with van der Waals surface area (Å²) >= 11 is 5.96. The Bertz CT molecular complexity index is 997. The Hall–Kier alpha value is -2.64. The number of benzene rings is 2. The third-order valence-corrected chi connectivity index (χ3v) is 6.06. The lowest BCUT2D eigenvalue weighted by Crippen LogP contribution is -2.33. The number of ether oxygens (including phenoxy) is 2. The van der Waals surface area contributed by atoms with Crippen LogP contribution in [0.3, 0.4) is 0 Å². The quantitative estimate of drug-likeness (QED) is 0.625. The van der Waals surface area contributed by atoms with Crippen molar-refractivity contribution in [2.75, 3.05) is 20.3 Å². The van der Waals surface area contributed by atoms with E-state index in [1.165, 1.54) is 11.0 Å². The Morgan fingerprint density at radius 1 is 1.13 bits per heavy atom. The van der Waals surface area contributed by atoms with Gasteiger partial charge in [-0.3, -0.25) is 14.5 Å². The van der Waals surface area contributed by atoms with E-state index in [4.69, 9.17) is 21.1 Å². The highest BCUT2D eigenvalue weighted by atomic mass is 35.5. The second kappa shape index (κ2) is 9.24. The fourth-order valence-electron chi connectivity index (χ4n) is 4.11. The Morgan fingerprint density at radius 3 is 2.65 bits per heavy atom. The van der Waals surface area contributed by atoms with Crippen LogP contribution < -0.4 is 14.8 Å². The summed E-state index contributed by atoms with van der Waals surface area (Å²) in [5.74, 6) is 0.452. The van der Waals surface area contributed by atoms with E-state index in [0.717, 1.165) is 29.5 Å². The minimum atomic E-state index is -0.375. The lowest BCUT2D eigenvalue weighted by molar-refractivity contribution is -0.138. The van der Waals surface area contributed by atoms with E-state index in [-0.39, 0.29) is 54.7 Å². The molecule has 1 atom stereocenters. The van der Waals surface area contributed by atoms with E-state index < -0.39 is 0 Å². The average Bonchev–Trinajstić information content (AvgIpc) is 3.30. The topological polar surface area (TPSA) is 67.9 Å². The van der Waals surface area contributed by atoms with E-state index in [9.17, 15) is 14.0 Å². The molecule has 2 aromatic rings. The number of carbonyl (C=O) groups excluding carboxylic acids is 2. The van der Waals surface area contributed by atoms with Crippen LogP contribution in [0.2, 0.25) is 5.02 Å². The van der Waals surface area contributed by atoms with Gasteiger partial charge in [0.15, 0.2) is 11.5 Å². The van der Waals surface area contributed by atoms with Gasteiger partial charge in [-0.2, -0.15) is 0 Å². The number of hydrogen-bond acceptors (Lipinski definition) is 5. The molecule has 8 heteroatoms. The third-order valence-electron chi connectivity index (χ3n) is 5.77. The zero-order valence-electron chi connectivity index (χ0n) is 17.2. The van der Waals surface area contributed by atoms with Crippen molar-refractivity contribution in [2.24, 2.45) is 0 Å². The van der Waals surface area contributed by atoms with Crippen molar-refractivity contribution in [1.82, 2.24) is 10.2 Å². The average molecular weight is 447 g/mol. The van der Waals surface area contributed by atoms with Crippen molar-refractivity contribution in [2.45, 2.75) is 38.3 Å². The standard InChI is InChI=1S/C23H24ClFN2O4/c1-30-21-10-14(2-5-20(21)31-9-8-27-22(28)6-7-23(27)29)13-26-19-4-3-15-11-18(25)17(24)12-16(15)19/h2,5,10-12,19,26H,3-4,6-9,13H2,1H3. The minimum Gasteiger partial charge on any atom is -0.493 e. The van der Waals surface area contributed by atoms with Gasteiger partial charge in [-0.25, -0.2) is 4.39 Å². The largest absolute Gasteiger partial charge is 0.493 e. The number of aryl methyl sites for hydroxylation is 1. The van der Waals surface area contributed by atoms with Crippen LogP contribution >= 0.6 is 11.6 Å². The number of methoxy groups -OCH3 is 1. The number of rotatable bonds is 8. The first-order valence-electron chi connectivity index (χ1n) is 10.3. The molecular weight excluding hydrogens is 423 g/mol. The van der Waals surface area contributed by atoms with Gasteiger partial charge in [0.2, 0.25) is 11.8 Å². The van der Waals surface area contributed by atoms with E-state index >= 15 is 0 Å². The zero-order valence-corrected chi connectivity index (χ0v) is 18.0. The lowest BCUT2D eigenvalue weighted by Gasteiger charge is -2.17. The molecule has 0 spiro atoms. The lowest BCUT2D eigenvalue weighted by atomic mass is 10.1. The van der Waals surface area contributed by atoms with Crippen molar-refractivity contribution < 1.29 is 23.5 Å². The summed E-state index contributed by atoms with van der Waals surface area (Å²) in [5.41, 5.74) is 3.05. The van der Waals surface area contributed by atoms with Gasteiger partial charge < -0.3 is 14.8 Å². The molecule has 1 unspecified atom stereocenters. The number of hydrogen-bond donors (Lipinski definition) is 1. The summed E-state index contributed by atoms with van der Waals surface area (Å²) in [6.45, 7) is 1.04. The van der Waals surface area contributed by atoms with Crippen molar-refractivity contribution in [3.05, 3.63) is 57.9 Å². The Balaban J connectivity index is 1.35. The second-order valence-electron chi connectivity index (χ2n) is 7.71. The normalized spacial score (nSPS) is 17.9. The predicted octanol–water partition coefficient (Wildman–Crippen LogP) is 3.79. The summed E-state index contributed by atoms with van der Waals surface area (Å²) in [5, 5.41) is 3.65. The summed E-state index contributed by atoms with van der Waals surface area (Å²) in [6.07, 6.45) is 2.26. The molecule has 1 fully saturated rings. The SMILES string of the molecule is COc1cc(CNC2CCc3cc(F)c(Cl)cc32)ccc1OCCN1C(=O)CCC1=O. The fraction of sp³-hybridized carbons (Fsp3) is 0.391. The van der Waals surface area contributed by atoms with Crippen LogP contribution in [0, 0.1) is 5.82 Å². The third kappa shape index (κ3) is 4.67. The molecule has 1 aliphatic carbocycles.